The second-order valence-electron chi connectivity index (χ2n) is 14.0. The summed E-state index contributed by atoms with van der Waals surface area (Å²) in [5.74, 6) is -7.06. The first-order valence-corrected chi connectivity index (χ1v) is 17.7. The summed E-state index contributed by atoms with van der Waals surface area (Å²) < 4.78 is 74.1. The predicted molar refractivity (Wildman–Crippen MR) is 171 cm³/mol. The fourth-order valence-corrected chi connectivity index (χ4v) is 9.75. The van der Waals surface area contributed by atoms with Crippen molar-refractivity contribution in [2.45, 2.75) is 87.2 Å². The molecule has 0 radical (unpaired) electrons. The number of aliphatic hydroxyl groups is 1. The van der Waals surface area contributed by atoms with Gasteiger partial charge in [-0.15, -0.1) is 0 Å². The van der Waals surface area contributed by atoms with E-state index in [0.29, 0.717) is 37.9 Å². The Balaban J connectivity index is 1.29. The van der Waals surface area contributed by atoms with Crippen LogP contribution in [-0.2, 0) is 19.4 Å². The van der Waals surface area contributed by atoms with E-state index < -0.39 is 79.5 Å². The molecular weight excluding hydrogens is 675 g/mol. The van der Waals surface area contributed by atoms with Gasteiger partial charge in [0.25, 0.3) is 5.91 Å². The Kier molecular flexibility index (Phi) is 9.85. The van der Waals surface area contributed by atoms with E-state index in [2.05, 4.69) is 10.6 Å². The van der Waals surface area contributed by atoms with E-state index in [1.807, 2.05) is 6.92 Å². The van der Waals surface area contributed by atoms with Crippen LogP contribution in [0.25, 0.3) is 0 Å². The number of carbonyl (C=O) groups excluding carboxylic acids is 3. The van der Waals surface area contributed by atoms with Crippen molar-refractivity contribution in [1.82, 2.24) is 10.2 Å². The normalized spacial score (nSPS) is 27.1. The molecule has 1 aliphatic heterocycles. The zero-order valence-corrected chi connectivity index (χ0v) is 28.6. The van der Waals surface area contributed by atoms with Gasteiger partial charge < -0.3 is 20.5 Å². The molecule has 2 aliphatic carbocycles. The zero-order chi connectivity index (χ0) is 35.3. The number of benzene rings is 2. The molecular formula is C33H39ClF3N3O7S. The molecule has 48 heavy (non-hydrogen) atoms. The van der Waals surface area contributed by atoms with Crippen LogP contribution in [0.2, 0.25) is 5.02 Å². The summed E-state index contributed by atoms with van der Waals surface area (Å²) in [6, 6.07) is 3.99. The summed E-state index contributed by atoms with van der Waals surface area (Å²) in [6.07, 6.45) is 1.15. The maximum Gasteiger partial charge on any atom is 0.410 e. The van der Waals surface area contributed by atoms with Crippen LogP contribution in [0.3, 0.4) is 0 Å². The largest absolute Gasteiger partial charge is 0.444 e. The Hall–Kier alpha value is -3.36. The molecule has 2 aromatic carbocycles. The molecule has 2 bridgehead atoms. The monoisotopic (exact) mass is 713 g/mol. The number of hydrogen-bond acceptors (Lipinski definition) is 7. The maximum atomic E-state index is 14.0. The number of ether oxygens (including phenoxy) is 1. The Morgan fingerprint density at radius 1 is 1.08 bits per heavy atom. The molecule has 6 atom stereocenters. The topological polar surface area (TPSA) is 142 Å². The van der Waals surface area contributed by atoms with Crippen molar-refractivity contribution < 1.29 is 45.8 Å². The van der Waals surface area contributed by atoms with Gasteiger partial charge in [-0.05, 0) is 88.8 Å². The standard InChI is InChI=1S/C33H39ClF3N3O7S/c1-17-10-19-12-21(15-22(17)33(19,44)16-38-30(42)26-6-5-9-40(26)31(43)47-32(2,3)4)48(45,46)27-11-18(7-8-23(27)34)29(41)39-20-13-24(35)28(37)25(36)14-20/h7-8,11,13-14,17,19,21-22,26,44H,5-6,9-10,12,15-16H2,1-4H3,(H,38,42)(H,39,41)/t17-,19?,21+,22?,26-,33+/m0/s1. The first kappa shape index (κ1) is 35.9. The molecule has 2 saturated carbocycles. The van der Waals surface area contributed by atoms with Crippen molar-refractivity contribution in [3.63, 3.8) is 0 Å². The fraction of sp³-hybridized carbons (Fsp3) is 0.545. The van der Waals surface area contributed by atoms with Crippen LogP contribution in [0, 0.1) is 35.2 Å². The van der Waals surface area contributed by atoms with E-state index in [1.54, 1.807) is 20.8 Å². The Morgan fingerprint density at radius 3 is 2.38 bits per heavy atom. The van der Waals surface area contributed by atoms with Crippen molar-refractivity contribution >= 4 is 45.0 Å². The average molecular weight is 714 g/mol. The van der Waals surface area contributed by atoms with Crippen LogP contribution in [0.1, 0.15) is 70.2 Å². The lowest BCUT2D eigenvalue weighted by molar-refractivity contribution is -0.128. The van der Waals surface area contributed by atoms with Gasteiger partial charge in [0, 0.05) is 36.5 Å². The molecule has 3 aliphatic rings. The van der Waals surface area contributed by atoms with Gasteiger partial charge in [-0.25, -0.2) is 26.4 Å². The quantitative estimate of drug-likeness (QED) is 0.324. The Morgan fingerprint density at radius 2 is 1.75 bits per heavy atom. The van der Waals surface area contributed by atoms with Crippen LogP contribution >= 0.6 is 11.6 Å². The molecule has 3 amide bonds. The third kappa shape index (κ3) is 7.02. The number of carbonyl (C=O) groups is 3. The van der Waals surface area contributed by atoms with Gasteiger partial charge in [0.2, 0.25) is 5.91 Å². The molecule has 0 aromatic heterocycles. The summed E-state index contributed by atoms with van der Waals surface area (Å²) in [6.45, 7) is 7.40. The highest BCUT2D eigenvalue weighted by atomic mass is 35.5. The Bertz CT molecular complexity index is 1710. The number of nitrogens with zero attached hydrogens (tertiary/aromatic N) is 1. The number of rotatable bonds is 7. The number of anilines is 1. The van der Waals surface area contributed by atoms with Crippen molar-refractivity contribution in [3.05, 3.63) is 58.4 Å². The molecule has 15 heteroatoms. The van der Waals surface area contributed by atoms with Crippen LogP contribution in [-0.4, -0.2) is 71.9 Å². The van der Waals surface area contributed by atoms with E-state index >= 15 is 0 Å². The van der Waals surface area contributed by atoms with Gasteiger partial charge in [0.1, 0.15) is 11.6 Å². The molecule has 0 spiro atoms. The summed E-state index contributed by atoms with van der Waals surface area (Å²) in [5, 5.41) is 15.9. The van der Waals surface area contributed by atoms with Crippen LogP contribution in [0.5, 0.6) is 0 Å². The molecule has 262 valence electrons. The molecule has 3 N–H and O–H groups in total. The van der Waals surface area contributed by atoms with Gasteiger partial charge in [-0.3, -0.25) is 14.5 Å². The highest BCUT2D eigenvalue weighted by Gasteiger charge is 2.58. The molecule has 3 fully saturated rings. The van der Waals surface area contributed by atoms with Crippen LogP contribution in [0.15, 0.2) is 35.2 Å². The number of halogens is 4. The van der Waals surface area contributed by atoms with Crippen LogP contribution in [0.4, 0.5) is 23.7 Å². The SMILES string of the molecule is C[C@H]1CC2C[C@@H](S(=O)(=O)c3cc(C(=O)Nc4cc(F)c(F)c(F)c4)ccc3Cl)CC1[C@@]2(O)CNC(=O)[C@@H]1CCCN1C(=O)OC(C)(C)C. The minimum atomic E-state index is -4.15. The van der Waals surface area contributed by atoms with E-state index in [1.165, 1.54) is 17.0 Å². The van der Waals surface area contributed by atoms with E-state index in [9.17, 15) is 41.1 Å². The second-order valence-corrected chi connectivity index (χ2v) is 16.7. The number of likely N-dealkylation sites (tertiary alicyclic amines) is 1. The van der Waals surface area contributed by atoms with Crippen molar-refractivity contribution in [3.8, 4) is 0 Å². The minimum absolute atomic E-state index is 0.0640. The molecule has 5 rings (SSSR count). The van der Waals surface area contributed by atoms with E-state index in [-0.39, 0.29) is 46.5 Å². The first-order valence-electron chi connectivity index (χ1n) is 15.8. The van der Waals surface area contributed by atoms with Gasteiger partial charge in [-0.2, -0.15) is 0 Å². The molecule has 1 saturated heterocycles. The summed E-state index contributed by atoms with van der Waals surface area (Å²) in [5.41, 5.74) is -2.65. The molecule has 2 aromatic rings. The third-order valence-corrected chi connectivity index (χ3v) is 12.3. The van der Waals surface area contributed by atoms with Gasteiger partial charge in [-0.1, -0.05) is 18.5 Å². The lowest BCUT2D eigenvalue weighted by atomic mass is 9.73. The average Bonchev–Trinajstić information content (AvgIpc) is 3.51. The smallest absolute Gasteiger partial charge is 0.410 e. The Labute approximate surface area is 282 Å². The van der Waals surface area contributed by atoms with Crippen molar-refractivity contribution in [1.29, 1.82) is 0 Å². The van der Waals surface area contributed by atoms with Crippen molar-refractivity contribution in [2.75, 3.05) is 18.4 Å². The van der Waals surface area contributed by atoms with E-state index in [0.717, 1.165) is 6.07 Å². The number of fused-ring (bicyclic) bond motifs is 2. The lowest BCUT2D eigenvalue weighted by Crippen LogP contribution is -2.57. The predicted octanol–water partition coefficient (Wildman–Crippen LogP) is 5.46. The van der Waals surface area contributed by atoms with Crippen LogP contribution < -0.4 is 10.6 Å². The highest BCUT2D eigenvalue weighted by molar-refractivity contribution is 7.92. The van der Waals surface area contributed by atoms with Gasteiger partial charge in [0.05, 0.1) is 20.8 Å². The van der Waals surface area contributed by atoms with Crippen molar-refractivity contribution in [2.24, 2.45) is 17.8 Å². The number of nitrogens with one attached hydrogen (secondary N) is 2. The molecule has 1 heterocycles. The first-order chi connectivity index (χ1) is 22.3. The van der Waals surface area contributed by atoms with Gasteiger partial charge >= 0.3 is 6.09 Å². The number of hydrogen-bond donors (Lipinski definition) is 3. The van der Waals surface area contributed by atoms with Gasteiger partial charge in [0.15, 0.2) is 27.3 Å². The fourth-order valence-electron chi connectivity index (χ4n) is 7.37. The molecule has 2 unspecified atom stereocenters. The second kappa shape index (κ2) is 13.2. The van der Waals surface area contributed by atoms with E-state index in [4.69, 9.17) is 16.3 Å². The molecule has 10 nitrogen and oxygen atoms in total. The third-order valence-electron chi connectivity index (χ3n) is 9.67. The lowest BCUT2D eigenvalue weighted by Gasteiger charge is -2.43. The zero-order valence-electron chi connectivity index (χ0n) is 27.0. The minimum Gasteiger partial charge on any atom is -0.444 e. The number of sulfone groups is 1. The maximum absolute atomic E-state index is 14.0. The summed E-state index contributed by atoms with van der Waals surface area (Å²) in [4.78, 5) is 39.9. The number of amides is 3. The summed E-state index contributed by atoms with van der Waals surface area (Å²) in [7, 11) is -4.15. The summed E-state index contributed by atoms with van der Waals surface area (Å²) >= 11 is 6.33. The highest BCUT2D eigenvalue weighted by Crippen LogP contribution is 2.54.